The van der Waals surface area contributed by atoms with Crippen molar-refractivity contribution in [2.24, 2.45) is 0 Å². The van der Waals surface area contributed by atoms with Crippen molar-refractivity contribution < 1.29 is 9.53 Å². The highest BCUT2D eigenvalue weighted by Crippen LogP contribution is 2.20. The Hall–Kier alpha value is -2.09. The van der Waals surface area contributed by atoms with Crippen molar-refractivity contribution in [1.82, 2.24) is 0 Å². The number of carbonyl (C=O) groups is 1. The molecule has 2 aromatic carbocycles. The number of ketones is 1. The quantitative estimate of drug-likeness (QED) is 0.709. The van der Waals surface area contributed by atoms with E-state index in [4.69, 9.17) is 4.74 Å². The van der Waals surface area contributed by atoms with Crippen molar-refractivity contribution >= 4 is 5.78 Å². The van der Waals surface area contributed by atoms with Crippen LogP contribution in [0.3, 0.4) is 0 Å². The molecule has 2 rings (SSSR count). The van der Waals surface area contributed by atoms with Gasteiger partial charge in [0.1, 0.15) is 5.75 Å². The molecular weight excluding hydrogens is 260 g/mol. The first kappa shape index (κ1) is 15.3. The van der Waals surface area contributed by atoms with Crippen LogP contribution in [-0.4, -0.2) is 12.4 Å². The lowest BCUT2D eigenvalue weighted by Gasteiger charge is -2.09. The zero-order valence-corrected chi connectivity index (χ0v) is 12.9. The standard InChI is InChI=1S/C19H22O2/c1-4-14(3)15-6-8-16(9-7-15)19(20)17-10-12-18(13-11-17)21-5-2/h6-14H,4-5H2,1-3H3. The van der Waals surface area contributed by atoms with Crippen LogP contribution in [0.4, 0.5) is 0 Å². The third kappa shape index (κ3) is 3.72. The molecule has 0 N–H and O–H groups in total. The predicted molar refractivity (Wildman–Crippen MR) is 86.2 cm³/mol. The molecule has 2 nitrogen and oxygen atoms in total. The first-order chi connectivity index (χ1) is 10.2. The molecule has 0 heterocycles. The molecule has 0 bridgehead atoms. The van der Waals surface area contributed by atoms with Crippen LogP contribution in [0.1, 0.15) is 54.6 Å². The average molecular weight is 282 g/mol. The molecule has 0 fully saturated rings. The maximum atomic E-state index is 12.4. The van der Waals surface area contributed by atoms with Gasteiger partial charge in [0.15, 0.2) is 5.78 Å². The summed E-state index contributed by atoms with van der Waals surface area (Å²) in [5.74, 6) is 1.37. The molecule has 2 heteroatoms. The molecule has 0 aliphatic rings. The molecule has 0 saturated carbocycles. The molecule has 110 valence electrons. The molecule has 0 aliphatic carbocycles. The van der Waals surface area contributed by atoms with Crippen LogP contribution in [-0.2, 0) is 0 Å². The summed E-state index contributed by atoms with van der Waals surface area (Å²) in [6.45, 7) is 6.94. The van der Waals surface area contributed by atoms with Crippen molar-refractivity contribution in [3.63, 3.8) is 0 Å². The lowest BCUT2D eigenvalue weighted by molar-refractivity contribution is 0.103. The van der Waals surface area contributed by atoms with Gasteiger partial charge in [0, 0.05) is 11.1 Å². The van der Waals surface area contributed by atoms with Gasteiger partial charge in [0.05, 0.1) is 6.61 Å². The summed E-state index contributed by atoms with van der Waals surface area (Å²) >= 11 is 0. The molecule has 0 saturated heterocycles. The van der Waals surface area contributed by atoms with Crippen LogP contribution in [0.15, 0.2) is 48.5 Å². The maximum absolute atomic E-state index is 12.4. The van der Waals surface area contributed by atoms with Crippen LogP contribution >= 0.6 is 0 Å². The monoisotopic (exact) mass is 282 g/mol. The van der Waals surface area contributed by atoms with Gasteiger partial charge in [0.25, 0.3) is 0 Å². The topological polar surface area (TPSA) is 26.3 Å². The van der Waals surface area contributed by atoms with E-state index in [1.807, 2.05) is 43.3 Å². The maximum Gasteiger partial charge on any atom is 0.193 e. The number of hydrogen-bond acceptors (Lipinski definition) is 2. The SMILES string of the molecule is CCOc1ccc(C(=O)c2ccc(C(C)CC)cc2)cc1. The second-order valence-electron chi connectivity index (χ2n) is 5.22. The van der Waals surface area contributed by atoms with E-state index in [1.54, 1.807) is 0 Å². The first-order valence-electron chi connectivity index (χ1n) is 7.53. The Balaban J connectivity index is 2.15. The van der Waals surface area contributed by atoms with Gasteiger partial charge in [-0.1, -0.05) is 38.1 Å². The molecule has 0 aliphatic heterocycles. The Labute approximate surface area is 126 Å². The summed E-state index contributed by atoms with van der Waals surface area (Å²) in [5.41, 5.74) is 2.70. The fourth-order valence-corrected chi connectivity index (χ4v) is 2.23. The molecule has 0 radical (unpaired) electrons. The number of hydrogen-bond donors (Lipinski definition) is 0. The molecule has 21 heavy (non-hydrogen) atoms. The summed E-state index contributed by atoms with van der Waals surface area (Å²) in [5, 5.41) is 0. The van der Waals surface area contributed by atoms with E-state index in [0.717, 1.165) is 17.7 Å². The van der Waals surface area contributed by atoms with Crippen molar-refractivity contribution in [3.8, 4) is 5.75 Å². The highest BCUT2D eigenvalue weighted by atomic mass is 16.5. The zero-order chi connectivity index (χ0) is 15.2. The minimum Gasteiger partial charge on any atom is -0.494 e. The minimum atomic E-state index is 0.0498. The zero-order valence-electron chi connectivity index (χ0n) is 12.9. The fourth-order valence-electron chi connectivity index (χ4n) is 2.23. The van der Waals surface area contributed by atoms with Gasteiger partial charge in [-0.25, -0.2) is 0 Å². The predicted octanol–water partition coefficient (Wildman–Crippen LogP) is 4.83. The van der Waals surface area contributed by atoms with Gasteiger partial charge in [-0.05, 0) is 49.1 Å². The van der Waals surface area contributed by atoms with Gasteiger partial charge in [-0.15, -0.1) is 0 Å². The number of ether oxygens (including phenoxy) is 1. The molecule has 0 amide bonds. The van der Waals surface area contributed by atoms with Crippen molar-refractivity contribution in [2.75, 3.05) is 6.61 Å². The molecule has 0 aromatic heterocycles. The van der Waals surface area contributed by atoms with Gasteiger partial charge in [-0.2, -0.15) is 0 Å². The summed E-state index contributed by atoms with van der Waals surface area (Å²) < 4.78 is 5.39. The van der Waals surface area contributed by atoms with Crippen LogP contribution in [0.25, 0.3) is 0 Å². The third-order valence-corrected chi connectivity index (χ3v) is 3.78. The van der Waals surface area contributed by atoms with E-state index < -0.39 is 0 Å². The third-order valence-electron chi connectivity index (χ3n) is 3.78. The number of benzene rings is 2. The van der Waals surface area contributed by atoms with Crippen LogP contribution in [0, 0.1) is 0 Å². The normalized spacial score (nSPS) is 12.0. The van der Waals surface area contributed by atoms with Gasteiger partial charge in [-0.3, -0.25) is 4.79 Å². The Morgan fingerprint density at radius 1 is 0.952 bits per heavy atom. The largest absolute Gasteiger partial charge is 0.494 e. The van der Waals surface area contributed by atoms with Crippen LogP contribution in [0.2, 0.25) is 0 Å². The summed E-state index contributed by atoms with van der Waals surface area (Å²) in [6, 6.07) is 15.2. The van der Waals surface area contributed by atoms with E-state index >= 15 is 0 Å². The van der Waals surface area contributed by atoms with Crippen LogP contribution < -0.4 is 4.74 Å². The molecule has 1 unspecified atom stereocenters. The molecule has 2 aromatic rings. The Morgan fingerprint density at radius 3 is 1.95 bits per heavy atom. The van der Waals surface area contributed by atoms with Gasteiger partial charge < -0.3 is 4.74 Å². The van der Waals surface area contributed by atoms with E-state index in [1.165, 1.54) is 5.56 Å². The number of carbonyl (C=O) groups excluding carboxylic acids is 1. The van der Waals surface area contributed by atoms with Gasteiger partial charge in [0.2, 0.25) is 0 Å². The van der Waals surface area contributed by atoms with E-state index in [9.17, 15) is 4.79 Å². The summed E-state index contributed by atoms with van der Waals surface area (Å²) in [6.07, 6.45) is 1.10. The number of rotatable bonds is 6. The van der Waals surface area contributed by atoms with E-state index in [-0.39, 0.29) is 5.78 Å². The second kappa shape index (κ2) is 7.07. The fraction of sp³-hybridized carbons (Fsp3) is 0.316. The molecular formula is C19H22O2. The smallest absolute Gasteiger partial charge is 0.193 e. The summed E-state index contributed by atoms with van der Waals surface area (Å²) in [4.78, 5) is 12.4. The second-order valence-corrected chi connectivity index (χ2v) is 5.22. The van der Waals surface area contributed by atoms with E-state index in [2.05, 4.69) is 26.0 Å². The van der Waals surface area contributed by atoms with Crippen molar-refractivity contribution in [2.45, 2.75) is 33.1 Å². The Morgan fingerprint density at radius 2 is 1.48 bits per heavy atom. The first-order valence-corrected chi connectivity index (χ1v) is 7.53. The lowest BCUT2D eigenvalue weighted by atomic mass is 9.95. The molecule has 1 atom stereocenters. The van der Waals surface area contributed by atoms with Gasteiger partial charge >= 0.3 is 0 Å². The Bertz CT molecular complexity index is 582. The minimum absolute atomic E-state index is 0.0498. The highest BCUT2D eigenvalue weighted by Gasteiger charge is 2.10. The lowest BCUT2D eigenvalue weighted by Crippen LogP contribution is -2.02. The Kier molecular flexibility index (Phi) is 5.15. The van der Waals surface area contributed by atoms with Crippen LogP contribution in [0.5, 0.6) is 5.75 Å². The van der Waals surface area contributed by atoms with Crippen molar-refractivity contribution in [1.29, 1.82) is 0 Å². The van der Waals surface area contributed by atoms with E-state index in [0.29, 0.717) is 18.1 Å². The summed E-state index contributed by atoms with van der Waals surface area (Å²) in [7, 11) is 0. The average Bonchev–Trinajstić information content (AvgIpc) is 2.54. The van der Waals surface area contributed by atoms with Crippen molar-refractivity contribution in [3.05, 3.63) is 65.2 Å². The molecule has 0 spiro atoms. The highest BCUT2D eigenvalue weighted by molar-refractivity contribution is 6.09.